The minimum Gasteiger partial charge on any atom is -0.347 e. The molecular weight excluding hydrogens is 294 g/mol. The Labute approximate surface area is 139 Å². The fraction of sp³-hybridized carbons (Fsp3) is 0.824. The summed E-state index contributed by atoms with van der Waals surface area (Å²) >= 11 is 0. The first-order valence-electron chi connectivity index (χ1n) is 8.88. The van der Waals surface area contributed by atoms with Crippen LogP contribution in [0.5, 0.6) is 0 Å². The summed E-state index contributed by atoms with van der Waals surface area (Å²) in [5.41, 5.74) is 0. The van der Waals surface area contributed by atoms with Crippen molar-refractivity contribution < 1.29 is 14.4 Å². The average molecular weight is 325 g/mol. The number of carbonyl (C=O) groups is 3. The van der Waals surface area contributed by atoms with Crippen molar-refractivity contribution in [2.75, 3.05) is 13.1 Å². The molecule has 0 bridgehead atoms. The van der Waals surface area contributed by atoms with Crippen LogP contribution in [0.4, 0.5) is 0 Å². The van der Waals surface area contributed by atoms with Crippen LogP contribution in [-0.2, 0) is 14.4 Å². The first-order chi connectivity index (χ1) is 11.0. The summed E-state index contributed by atoms with van der Waals surface area (Å²) in [6.45, 7) is 6.96. The van der Waals surface area contributed by atoms with Gasteiger partial charge in [-0.05, 0) is 38.1 Å². The zero-order chi connectivity index (χ0) is 17.2. The molecule has 2 aliphatic rings. The van der Waals surface area contributed by atoms with Gasteiger partial charge in [0.2, 0.25) is 11.7 Å². The van der Waals surface area contributed by atoms with Crippen LogP contribution in [-0.4, -0.2) is 42.8 Å². The molecule has 6 nitrogen and oxygen atoms in total. The predicted molar refractivity (Wildman–Crippen MR) is 90.0 cm³/mol. The van der Waals surface area contributed by atoms with Gasteiger partial charge in [0.15, 0.2) is 0 Å². The van der Waals surface area contributed by atoms with Crippen molar-refractivity contribution in [1.29, 1.82) is 0 Å². The number of hydrogen-bond acceptors (Lipinski definition) is 4. The molecule has 132 valence electrons. The van der Waals surface area contributed by atoms with Gasteiger partial charge < -0.3 is 16.0 Å². The molecule has 3 N–H and O–H groups in total. The lowest BCUT2D eigenvalue weighted by atomic mass is 9.95. The van der Waals surface area contributed by atoms with Crippen LogP contribution in [0.2, 0.25) is 0 Å². The van der Waals surface area contributed by atoms with E-state index >= 15 is 0 Å². The average Bonchev–Trinajstić information content (AvgIpc) is 3.21. The molecule has 1 saturated heterocycles. The second-order valence-electron chi connectivity index (χ2n) is 6.37. The van der Waals surface area contributed by atoms with E-state index in [1.54, 1.807) is 0 Å². The summed E-state index contributed by atoms with van der Waals surface area (Å²) in [5.74, 6) is -1.00. The molecule has 1 heterocycles. The van der Waals surface area contributed by atoms with Gasteiger partial charge in [-0.3, -0.25) is 14.4 Å². The zero-order valence-electron chi connectivity index (χ0n) is 14.6. The standard InChI is InChI=1S/C14H23N3O3.C3H8/c1-2-3-9-6-7-15-12(9)14(20)16-8-11(18)13(19)17-10-4-5-10;1-3-2/h9-10,12,15H,2-8H2,1H3,(H,16,20)(H,17,19);3H2,1-2H3/t9-,12?;/m0./s1. The van der Waals surface area contributed by atoms with Crippen molar-refractivity contribution >= 4 is 17.6 Å². The Balaban J connectivity index is 0.000000816. The summed E-state index contributed by atoms with van der Waals surface area (Å²) in [6, 6.07) is -0.0678. The minimum atomic E-state index is -0.586. The number of Topliss-reactive ketones (excluding diaryl/α,β-unsaturated/α-hetero) is 1. The number of hydrogen-bond donors (Lipinski definition) is 3. The Morgan fingerprint density at radius 2 is 1.74 bits per heavy atom. The van der Waals surface area contributed by atoms with Gasteiger partial charge in [0.1, 0.15) is 0 Å². The first-order valence-corrected chi connectivity index (χ1v) is 8.88. The molecule has 1 unspecified atom stereocenters. The van der Waals surface area contributed by atoms with Crippen molar-refractivity contribution in [2.45, 2.75) is 71.4 Å². The molecule has 0 aromatic carbocycles. The minimum absolute atomic E-state index is 0.160. The summed E-state index contributed by atoms with van der Waals surface area (Å²) in [7, 11) is 0. The van der Waals surface area contributed by atoms with E-state index in [-0.39, 0.29) is 24.5 Å². The molecule has 0 aromatic rings. The van der Waals surface area contributed by atoms with Crippen LogP contribution in [0.25, 0.3) is 0 Å². The van der Waals surface area contributed by atoms with E-state index in [9.17, 15) is 14.4 Å². The van der Waals surface area contributed by atoms with E-state index < -0.39 is 11.7 Å². The van der Waals surface area contributed by atoms with E-state index in [4.69, 9.17) is 0 Å². The maximum Gasteiger partial charge on any atom is 0.289 e. The second-order valence-corrected chi connectivity index (χ2v) is 6.37. The number of amides is 2. The van der Waals surface area contributed by atoms with Crippen molar-refractivity contribution in [3.63, 3.8) is 0 Å². The fourth-order valence-electron chi connectivity index (χ4n) is 2.60. The normalized spacial score (nSPS) is 22.7. The van der Waals surface area contributed by atoms with Crippen LogP contribution in [0.15, 0.2) is 0 Å². The lowest BCUT2D eigenvalue weighted by molar-refractivity contribution is -0.138. The summed E-state index contributed by atoms with van der Waals surface area (Å²) < 4.78 is 0. The molecule has 2 atom stereocenters. The smallest absolute Gasteiger partial charge is 0.289 e. The largest absolute Gasteiger partial charge is 0.347 e. The second kappa shape index (κ2) is 10.4. The van der Waals surface area contributed by atoms with Gasteiger partial charge in [-0.1, -0.05) is 33.6 Å². The van der Waals surface area contributed by atoms with Gasteiger partial charge >= 0.3 is 0 Å². The Morgan fingerprint density at radius 1 is 1.09 bits per heavy atom. The highest BCUT2D eigenvalue weighted by atomic mass is 16.2. The molecular formula is C17H31N3O3. The van der Waals surface area contributed by atoms with Crippen LogP contribution >= 0.6 is 0 Å². The molecule has 2 amide bonds. The highest BCUT2D eigenvalue weighted by Crippen LogP contribution is 2.21. The SMILES string of the molecule is CCC.CCC[C@H]1CCNC1C(=O)NCC(=O)C(=O)NC1CC1. The van der Waals surface area contributed by atoms with E-state index in [0.717, 1.165) is 38.6 Å². The lowest BCUT2D eigenvalue weighted by Gasteiger charge is -2.18. The molecule has 2 rings (SSSR count). The third kappa shape index (κ3) is 7.12. The molecule has 2 fully saturated rings. The van der Waals surface area contributed by atoms with Gasteiger partial charge in [0.05, 0.1) is 12.6 Å². The van der Waals surface area contributed by atoms with Crippen molar-refractivity contribution in [3.05, 3.63) is 0 Å². The van der Waals surface area contributed by atoms with Gasteiger partial charge in [-0.15, -0.1) is 0 Å². The van der Waals surface area contributed by atoms with Gasteiger partial charge in [-0.25, -0.2) is 0 Å². The van der Waals surface area contributed by atoms with Gasteiger partial charge in [-0.2, -0.15) is 0 Å². The van der Waals surface area contributed by atoms with Gasteiger partial charge in [0.25, 0.3) is 5.91 Å². The van der Waals surface area contributed by atoms with Crippen LogP contribution in [0.3, 0.4) is 0 Å². The number of rotatable bonds is 7. The van der Waals surface area contributed by atoms with Gasteiger partial charge in [0, 0.05) is 6.04 Å². The van der Waals surface area contributed by atoms with E-state index in [0.29, 0.717) is 5.92 Å². The molecule has 0 radical (unpaired) electrons. The number of nitrogens with one attached hydrogen (secondary N) is 3. The quantitative estimate of drug-likeness (QED) is 0.613. The Kier molecular flexibility index (Phi) is 8.84. The lowest BCUT2D eigenvalue weighted by Crippen LogP contribution is -2.47. The van der Waals surface area contributed by atoms with E-state index in [1.165, 1.54) is 6.42 Å². The van der Waals surface area contributed by atoms with E-state index in [1.807, 2.05) is 0 Å². The highest BCUT2D eigenvalue weighted by Gasteiger charge is 2.32. The zero-order valence-corrected chi connectivity index (χ0v) is 14.6. The summed E-state index contributed by atoms with van der Waals surface area (Å²) in [5, 5.41) is 8.36. The molecule has 1 aliphatic heterocycles. The predicted octanol–water partition coefficient (Wildman–Crippen LogP) is 1.14. The molecule has 23 heavy (non-hydrogen) atoms. The van der Waals surface area contributed by atoms with Crippen molar-refractivity contribution in [3.8, 4) is 0 Å². The molecule has 6 heteroatoms. The summed E-state index contributed by atoms with van der Waals surface area (Å²) in [6.07, 6.45) is 6.16. The Hall–Kier alpha value is -1.43. The number of ketones is 1. The van der Waals surface area contributed by atoms with E-state index in [2.05, 4.69) is 36.7 Å². The fourth-order valence-corrected chi connectivity index (χ4v) is 2.60. The van der Waals surface area contributed by atoms with Crippen LogP contribution in [0.1, 0.15) is 59.3 Å². The summed E-state index contributed by atoms with van der Waals surface area (Å²) in [4.78, 5) is 35.1. The highest BCUT2D eigenvalue weighted by molar-refractivity contribution is 6.37. The topological polar surface area (TPSA) is 87.3 Å². The molecule has 0 spiro atoms. The Bertz CT molecular complexity index is 408. The van der Waals surface area contributed by atoms with Crippen LogP contribution in [0, 0.1) is 5.92 Å². The molecule has 1 aliphatic carbocycles. The van der Waals surface area contributed by atoms with Crippen molar-refractivity contribution in [2.24, 2.45) is 5.92 Å². The maximum atomic E-state index is 12.0. The first kappa shape index (κ1) is 19.6. The monoisotopic (exact) mass is 325 g/mol. The third-order valence-electron chi connectivity index (χ3n) is 3.88. The van der Waals surface area contributed by atoms with Crippen LogP contribution < -0.4 is 16.0 Å². The third-order valence-corrected chi connectivity index (χ3v) is 3.88. The Morgan fingerprint density at radius 3 is 2.30 bits per heavy atom. The molecule has 0 aromatic heterocycles. The van der Waals surface area contributed by atoms with Crippen molar-refractivity contribution in [1.82, 2.24) is 16.0 Å². The molecule has 1 saturated carbocycles. The maximum absolute atomic E-state index is 12.0. The number of carbonyl (C=O) groups excluding carboxylic acids is 3.